The smallest absolute Gasteiger partial charge is 0.0328 e. The van der Waals surface area contributed by atoms with Crippen LogP contribution in [0, 0.1) is 17.3 Å². The Morgan fingerprint density at radius 2 is 1.28 bits per heavy atom. The highest BCUT2D eigenvalue weighted by Gasteiger charge is 2.27. The fourth-order valence-electron chi connectivity index (χ4n) is 2.77. The van der Waals surface area contributed by atoms with Gasteiger partial charge in [-0.25, -0.2) is 0 Å². The van der Waals surface area contributed by atoms with Crippen LogP contribution in [0.2, 0.25) is 0 Å². The first kappa shape index (κ1) is 18.0. The quantitative estimate of drug-likeness (QED) is 0.504. The average molecular weight is 255 g/mol. The molecule has 1 aliphatic rings. The van der Waals surface area contributed by atoms with Gasteiger partial charge in [-0.2, -0.15) is 0 Å². The van der Waals surface area contributed by atoms with Gasteiger partial charge < -0.3 is 0 Å². The minimum Gasteiger partial charge on any atom is -0.0654 e. The van der Waals surface area contributed by atoms with E-state index in [0.717, 1.165) is 11.8 Å². The normalized spacial score (nSPS) is 24.3. The van der Waals surface area contributed by atoms with Crippen LogP contribution in [-0.4, -0.2) is 0 Å². The van der Waals surface area contributed by atoms with E-state index in [1.807, 2.05) is 0 Å². The number of hydrogen-bond donors (Lipinski definition) is 0. The molecule has 0 nitrogen and oxygen atoms in total. The molecule has 0 aromatic heterocycles. The summed E-state index contributed by atoms with van der Waals surface area (Å²) in [5.74, 6) is 2.04. The molecule has 0 unspecified atom stereocenters. The van der Waals surface area contributed by atoms with Crippen LogP contribution >= 0.6 is 0 Å². The summed E-state index contributed by atoms with van der Waals surface area (Å²) in [6.07, 6.45) is 12.8. The maximum atomic E-state index is 2.48. The van der Waals surface area contributed by atoms with Crippen molar-refractivity contribution in [1.29, 1.82) is 0 Å². The van der Waals surface area contributed by atoms with E-state index in [1.54, 1.807) is 0 Å². The van der Waals surface area contributed by atoms with Crippen LogP contribution in [-0.2, 0) is 0 Å². The van der Waals surface area contributed by atoms with Crippen molar-refractivity contribution in [2.75, 3.05) is 0 Å². The predicted molar refractivity (Wildman–Crippen MR) is 85.0 cm³/mol. The van der Waals surface area contributed by atoms with Crippen molar-refractivity contribution >= 4 is 0 Å². The first-order chi connectivity index (χ1) is 8.51. The molecule has 0 radical (unpaired) electrons. The zero-order chi connectivity index (χ0) is 14.0. The van der Waals surface area contributed by atoms with Crippen LogP contribution in [0.1, 0.15) is 99.3 Å². The Morgan fingerprint density at radius 3 is 1.61 bits per heavy atom. The Balaban J connectivity index is 0.000000631. The van der Waals surface area contributed by atoms with E-state index >= 15 is 0 Å². The maximum absolute atomic E-state index is 2.48. The Kier molecular flexibility index (Phi) is 9.87. The van der Waals surface area contributed by atoms with Gasteiger partial charge in [-0.05, 0) is 23.7 Å². The first-order valence-electron chi connectivity index (χ1n) is 8.51. The van der Waals surface area contributed by atoms with E-state index in [4.69, 9.17) is 0 Å². The lowest BCUT2D eigenvalue weighted by molar-refractivity contribution is 0.173. The zero-order valence-corrected chi connectivity index (χ0v) is 14.0. The van der Waals surface area contributed by atoms with Crippen LogP contribution in [0.5, 0.6) is 0 Å². The van der Waals surface area contributed by atoms with E-state index in [9.17, 15) is 0 Å². The van der Waals surface area contributed by atoms with E-state index in [2.05, 4.69) is 41.5 Å². The predicted octanol–water partition coefficient (Wildman–Crippen LogP) is 6.84. The molecule has 0 spiro atoms. The van der Waals surface area contributed by atoms with Gasteiger partial charge in [-0.1, -0.05) is 92.9 Å². The molecule has 0 heterocycles. The van der Waals surface area contributed by atoms with Crippen molar-refractivity contribution in [2.45, 2.75) is 99.3 Å². The van der Waals surface area contributed by atoms with Crippen LogP contribution in [0.15, 0.2) is 0 Å². The first-order valence-corrected chi connectivity index (χ1v) is 8.51. The molecule has 1 aliphatic carbocycles. The third kappa shape index (κ3) is 7.44. The molecule has 0 amide bonds. The highest BCUT2D eigenvalue weighted by atomic mass is 14.3. The fourth-order valence-corrected chi connectivity index (χ4v) is 2.77. The van der Waals surface area contributed by atoms with E-state index < -0.39 is 0 Å². The molecule has 0 aromatic carbocycles. The second-order valence-corrected chi connectivity index (χ2v) is 6.85. The summed E-state index contributed by atoms with van der Waals surface area (Å²) < 4.78 is 0. The molecule has 0 saturated heterocycles. The lowest BCUT2D eigenvalue weighted by atomic mass is 9.71. The molecule has 0 aliphatic heterocycles. The Bertz CT molecular complexity index is 168. The molecule has 0 bridgehead atoms. The van der Waals surface area contributed by atoms with Crippen molar-refractivity contribution in [3.05, 3.63) is 0 Å². The summed E-state index contributed by atoms with van der Waals surface area (Å²) in [6, 6.07) is 0. The average Bonchev–Trinajstić information content (AvgIpc) is 2.41. The highest BCUT2D eigenvalue weighted by molar-refractivity contribution is 4.78. The fraction of sp³-hybridized carbons (Fsp3) is 1.00. The van der Waals surface area contributed by atoms with Gasteiger partial charge in [0.25, 0.3) is 0 Å². The standard InChI is InChI=1S/C14H28.C4H10/c1-5-14(4,6-2)11-13-9-7-12(3)8-10-13;1-3-4-2/h12-13H,5-11H2,1-4H3;3-4H2,1-2H3. The molecular weight excluding hydrogens is 216 g/mol. The Hall–Kier alpha value is 0. The maximum Gasteiger partial charge on any atom is -0.0328 e. The highest BCUT2D eigenvalue weighted by Crippen LogP contribution is 2.39. The third-order valence-electron chi connectivity index (χ3n) is 5.12. The summed E-state index contributed by atoms with van der Waals surface area (Å²) in [4.78, 5) is 0. The van der Waals surface area contributed by atoms with Crippen LogP contribution in [0.25, 0.3) is 0 Å². The van der Waals surface area contributed by atoms with Gasteiger partial charge in [0.1, 0.15) is 0 Å². The minimum atomic E-state index is 0.630. The van der Waals surface area contributed by atoms with Crippen molar-refractivity contribution < 1.29 is 0 Å². The Morgan fingerprint density at radius 1 is 0.833 bits per heavy atom. The van der Waals surface area contributed by atoms with Crippen LogP contribution in [0.3, 0.4) is 0 Å². The molecule has 0 atom stereocenters. The van der Waals surface area contributed by atoms with Crippen LogP contribution in [0.4, 0.5) is 0 Å². The molecular formula is C18H38. The molecule has 18 heavy (non-hydrogen) atoms. The van der Waals surface area contributed by atoms with Gasteiger partial charge >= 0.3 is 0 Å². The van der Waals surface area contributed by atoms with Crippen LogP contribution < -0.4 is 0 Å². The van der Waals surface area contributed by atoms with Crippen molar-refractivity contribution in [3.8, 4) is 0 Å². The second-order valence-electron chi connectivity index (χ2n) is 6.85. The number of rotatable bonds is 5. The van der Waals surface area contributed by atoms with Gasteiger partial charge in [0, 0.05) is 0 Å². The SMILES string of the molecule is CCC(C)(CC)CC1CCC(C)CC1.CCCC. The van der Waals surface area contributed by atoms with Gasteiger partial charge in [-0.15, -0.1) is 0 Å². The lowest BCUT2D eigenvalue weighted by Gasteiger charge is -2.34. The summed E-state index contributed by atoms with van der Waals surface area (Å²) in [6.45, 7) is 14.0. The third-order valence-corrected chi connectivity index (χ3v) is 5.12. The van der Waals surface area contributed by atoms with Gasteiger partial charge in [-0.3, -0.25) is 0 Å². The minimum absolute atomic E-state index is 0.630. The van der Waals surface area contributed by atoms with Crippen molar-refractivity contribution in [3.63, 3.8) is 0 Å². The molecule has 1 saturated carbocycles. The largest absolute Gasteiger partial charge is 0.0654 e. The summed E-state index contributed by atoms with van der Waals surface area (Å²) in [5.41, 5.74) is 0.630. The monoisotopic (exact) mass is 254 g/mol. The van der Waals surface area contributed by atoms with Gasteiger partial charge in [0.15, 0.2) is 0 Å². The van der Waals surface area contributed by atoms with E-state index in [0.29, 0.717) is 5.41 Å². The summed E-state index contributed by atoms with van der Waals surface area (Å²) >= 11 is 0. The molecule has 110 valence electrons. The number of hydrogen-bond acceptors (Lipinski definition) is 0. The number of unbranched alkanes of at least 4 members (excludes halogenated alkanes) is 1. The molecule has 0 heteroatoms. The molecule has 1 fully saturated rings. The van der Waals surface area contributed by atoms with E-state index in [1.165, 1.54) is 57.8 Å². The zero-order valence-electron chi connectivity index (χ0n) is 14.0. The molecule has 0 N–H and O–H groups in total. The van der Waals surface area contributed by atoms with Crippen molar-refractivity contribution in [2.24, 2.45) is 17.3 Å². The summed E-state index contributed by atoms with van der Waals surface area (Å²) in [5, 5.41) is 0. The van der Waals surface area contributed by atoms with Crippen molar-refractivity contribution in [1.82, 2.24) is 0 Å². The van der Waals surface area contributed by atoms with Gasteiger partial charge in [0.05, 0.1) is 0 Å². The topological polar surface area (TPSA) is 0 Å². The Labute approximate surface area is 117 Å². The summed E-state index contributed by atoms with van der Waals surface area (Å²) in [7, 11) is 0. The molecule has 1 rings (SSSR count). The van der Waals surface area contributed by atoms with E-state index in [-0.39, 0.29) is 0 Å². The lowest BCUT2D eigenvalue weighted by Crippen LogP contribution is -2.22. The molecule has 0 aromatic rings. The second kappa shape index (κ2) is 9.87. The van der Waals surface area contributed by atoms with Gasteiger partial charge in [0.2, 0.25) is 0 Å².